The number of hydrogen-bond acceptors (Lipinski definition) is 2. The van der Waals surface area contributed by atoms with Gasteiger partial charge in [0.1, 0.15) is 0 Å². The van der Waals surface area contributed by atoms with Crippen LogP contribution in [-0.2, 0) is 0 Å². The Labute approximate surface area is 106 Å². The van der Waals surface area contributed by atoms with Crippen LogP contribution < -0.4 is 5.32 Å². The van der Waals surface area contributed by atoms with Gasteiger partial charge in [-0.2, -0.15) is 0 Å². The van der Waals surface area contributed by atoms with E-state index in [0.29, 0.717) is 11.6 Å². The van der Waals surface area contributed by atoms with Gasteiger partial charge in [-0.1, -0.05) is 25.8 Å². The quantitative estimate of drug-likeness (QED) is 0.713. The van der Waals surface area contributed by atoms with Crippen LogP contribution >= 0.6 is 0 Å². The third-order valence-corrected chi connectivity index (χ3v) is 4.63. The third-order valence-electron chi connectivity index (χ3n) is 4.63. The molecule has 2 rings (SSSR count). The second kappa shape index (κ2) is 6.01. The first-order valence-corrected chi connectivity index (χ1v) is 7.44. The van der Waals surface area contributed by atoms with Crippen molar-refractivity contribution in [2.24, 2.45) is 0 Å². The fraction of sp³-hybridized carbons (Fsp3) is 0.867. The second-order valence-electron chi connectivity index (χ2n) is 5.67. The summed E-state index contributed by atoms with van der Waals surface area (Å²) in [4.78, 5) is 2.76. The van der Waals surface area contributed by atoms with Crippen molar-refractivity contribution in [3.63, 3.8) is 0 Å². The molecule has 17 heavy (non-hydrogen) atoms. The van der Waals surface area contributed by atoms with Crippen molar-refractivity contribution >= 4 is 0 Å². The fourth-order valence-electron chi connectivity index (χ4n) is 3.77. The monoisotopic (exact) mass is 236 g/mol. The van der Waals surface area contributed by atoms with Crippen molar-refractivity contribution in [3.8, 4) is 0 Å². The van der Waals surface area contributed by atoms with Crippen LogP contribution in [0, 0.1) is 0 Å². The van der Waals surface area contributed by atoms with Crippen LogP contribution in [-0.4, -0.2) is 36.1 Å². The molecule has 0 bridgehead atoms. The molecule has 2 heteroatoms. The SMILES string of the molecule is C=CC(NCCC)C1(N2CCCC2)CCCC1. The molecule has 1 N–H and O–H groups in total. The van der Waals surface area contributed by atoms with Crippen molar-refractivity contribution in [1.29, 1.82) is 0 Å². The highest BCUT2D eigenvalue weighted by atomic mass is 15.2. The summed E-state index contributed by atoms with van der Waals surface area (Å²) in [6.07, 6.45) is 11.7. The molecule has 1 heterocycles. The van der Waals surface area contributed by atoms with Gasteiger partial charge in [-0.25, -0.2) is 0 Å². The van der Waals surface area contributed by atoms with Gasteiger partial charge in [0.15, 0.2) is 0 Å². The van der Waals surface area contributed by atoms with Gasteiger partial charge in [-0.05, 0) is 51.7 Å². The Hall–Kier alpha value is -0.340. The molecule has 0 spiro atoms. The molecular weight excluding hydrogens is 208 g/mol. The topological polar surface area (TPSA) is 15.3 Å². The van der Waals surface area contributed by atoms with Gasteiger partial charge in [0.05, 0.1) is 0 Å². The van der Waals surface area contributed by atoms with E-state index in [9.17, 15) is 0 Å². The van der Waals surface area contributed by atoms with Crippen LogP contribution in [0.1, 0.15) is 51.9 Å². The first kappa shape index (κ1) is 13.1. The molecule has 2 nitrogen and oxygen atoms in total. The number of likely N-dealkylation sites (tertiary alicyclic amines) is 1. The van der Waals surface area contributed by atoms with Gasteiger partial charge in [-0.15, -0.1) is 6.58 Å². The van der Waals surface area contributed by atoms with Gasteiger partial charge >= 0.3 is 0 Å². The number of nitrogens with one attached hydrogen (secondary N) is 1. The summed E-state index contributed by atoms with van der Waals surface area (Å²) in [6, 6.07) is 0.489. The van der Waals surface area contributed by atoms with Crippen molar-refractivity contribution in [1.82, 2.24) is 10.2 Å². The van der Waals surface area contributed by atoms with E-state index < -0.39 is 0 Å². The molecule has 1 aliphatic heterocycles. The molecule has 2 aliphatic rings. The number of hydrogen-bond donors (Lipinski definition) is 1. The van der Waals surface area contributed by atoms with E-state index in [0.717, 1.165) is 6.54 Å². The van der Waals surface area contributed by atoms with Gasteiger partial charge in [0.25, 0.3) is 0 Å². The maximum Gasteiger partial charge on any atom is 0.0434 e. The van der Waals surface area contributed by atoms with Gasteiger partial charge in [0.2, 0.25) is 0 Å². The third kappa shape index (κ3) is 2.58. The molecule has 0 amide bonds. The van der Waals surface area contributed by atoms with Gasteiger partial charge < -0.3 is 5.32 Å². The Morgan fingerprint density at radius 3 is 2.41 bits per heavy atom. The molecule has 1 unspecified atom stereocenters. The Morgan fingerprint density at radius 1 is 1.24 bits per heavy atom. The zero-order valence-corrected chi connectivity index (χ0v) is 11.4. The number of nitrogens with zero attached hydrogens (tertiary/aromatic N) is 1. The fourth-order valence-corrected chi connectivity index (χ4v) is 3.77. The molecular formula is C15H28N2. The highest BCUT2D eigenvalue weighted by molar-refractivity contribution is 5.10. The Morgan fingerprint density at radius 2 is 1.88 bits per heavy atom. The van der Waals surface area contributed by atoms with E-state index in [-0.39, 0.29) is 0 Å². The van der Waals surface area contributed by atoms with Crippen molar-refractivity contribution in [3.05, 3.63) is 12.7 Å². The minimum atomic E-state index is 0.396. The lowest BCUT2D eigenvalue weighted by Crippen LogP contribution is -2.58. The van der Waals surface area contributed by atoms with Crippen molar-refractivity contribution in [2.75, 3.05) is 19.6 Å². The first-order chi connectivity index (χ1) is 8.33. The largest absolute Gasteiger partial charge is 0.309 e. The van der Waals surface area contributed by atoms with E-state index in [2.05, 4.69) is 29.8 Å². The normalized spacial score (nSPS) is 26.2. The molecule has 0 radical (unpaired) electrons. The molecule has 0 aromatic carbocycles. The Balaban J connectivity index is 2.10. The smallest absolute Gasteiger partial charge is 0.0434 e. The molecule has 0 aromatic heterocycles. The van der Waals surface area contributed by atoms with Crippen LogP contribution in [0.5, 0.6) is 0 Å². The molecule has 0 aromatic rings. The Kier molecular flexibility index (Phi) is 4.63. The molecule has 98 valence electrons. The number of rotatable bonds is 6. The maximum absolute atomic E-state index is 4.09. The zero-order chi connectivity index (χ0) is 12.1. The lowest BCUT2D eigenvalue weighted by Gasteiger charge is -2.44. The Bertz CT molecular complexity index is 237. The molecule has 2 fully saturated rings. The highest BCUT2D eigenvalue weighted by Crippen LogP contribution is 2.40. The van der Waals surface area contributed by atoms with E-state index in [1.54, 1.807) is 0 Å². The van der Waals surface area contributed by atoms with Crippen LogP contribution in [0.25, 0.3) is 0 Å². The van der Waals surface area contributed by atoms with E-state index >= 15 is 0 Å². The maximum atomic E-state index is 4.09. The van der Waals surface area contributed by atoms with Gasteiger partial charge in [0, 0.05) is 11.6 Å². The zero-order valence-electron chi connectivity index (χ0n) is 11.4. The predicted molar refractivity (Wildman–Crippen MR) is 74.3 cm³/mol. The summed E-state index contributed by atoms with van der Waals surface area (Å²) in [7, 11) is 0. The summed E-state index contributed by atoms with van der Waals surface area (Å²) in [6.45, 7) is 10.1. The minimum absolute atomic E-state index is 0.396. The standard InChI is InChI=1S/C15H28N2/c1-3-11-16-14(4-2)15(9-5-6-10-15)17-12-7-8-13-17/h4,14,16H,2-3,5-13H2,1H3. The summed E-state index contributed by atoms with van der Waals surface area (Å²) < 4.78 is 0. The summed E-state index contributed by atoms with van der Waals surface area (Å²) >= 11 is 0. The summed E-state index contributed by atoms with van der Waals surface area (Å²) in [5, 5.41) is 3.72. The van der Waals surface area contributed by atoms with Crippen LogP contribution in [0.15, 0.2) is 12.7 Å². The lowest BCUT2D eigenvalue weighted by atomic mass is 9.86. The summed E-state index contributed by atoms with van der Waals surface area (Å²) in [5.74, 6) is 0. The second-order valence-corrected chi connectivity index (χ2v) is 5.67. The van der Waals surface area contributed by atoms with Crippen LogP contribution in [0.4, 0.5) is 0 Å². The molecule has 1 aliphatic carbocycles. The van der Waals surface area contributed by atoms with Gasteiger partial charge in [-0.3, -0.25) is 4.90 Å². The van der Waals surface area contributed by atoms with Crippen LogP contribution in [0.3, 0.4) is 0 Å². The van der Waals surface area contributed by atoms with E-state index in [1.807, 2.05) is 0 Å². The molecule has 1 saturated carbocycles. The lowest BCUT2D eigenvalue weighted by molar-refractivity contribution is 0.0943. The van der Waals surface area contributed by atoms with E-state index in [4.69, 9.17) is 0 Å². The minimum Gasteiger partial charge on any atom is -0.309 e. The average Bonchev–Trinajstić information content (AvgIpc) is 3.01. The highest BCUT2D eigenvalue weighted by Gasteiger charge is 2.45. The van der Waals surface area contributed by atoms with Crippen LogP contribution in [0.2, 0.25) is 0 Å². The first-order valence-electron chi connectivity index (χ1n) is 7.44. The summed E-state index contributed by atoms with van der Waals surface area (Å²) in [5.41, 5.74) is 0.396. The van der Waals surface area contributed by atoms with Crippen molar-refractivity contribution in [2.45, 2.75) is 63.5 Å². The molecule has 1 saturated heterocycles. The average molecular weight is 236 g/mol. The predicted octanol–water partition coefficient (Wildman–Crippen LogP) is 2.95. The molecule has 1 atom stereocenters. The van der Waals surface area contributed by atoms with Crippen molar-refractivity contribution < 1.29 is 0 Å². The van der Waals surface area contributed by atoms with E-state index in [1.165, 1.54) is 58.0 Å².